The number of hydrogen-bond donors (Lipinski definition) is 0. The highest BCUT2D eigenvalue weighted by Crippen LogP contribution is 2.38. The number of ether oxygens (including phenoxy) is 3. The molecular weight excluding hydrogens is 430 g/mol. The van der Waals surface area contributed by atoms with Crippen molar-refractivity contribution in [1.29, 1.82) is 0 Å². The van der Waals surface area contributed by atoms with E-state index in [-0.39, 0.29) is 5.91 Å². The van der Waals surface area contributed by atoms with Crippen LogP contribution in [0.4, 0.5) is 5.69 Å². The smallest absolute Gasteiger partial charge is 0.254 e. The first-order chi connectivity index (χ1) is 16.7. The molecule has 0 atom stereocenters. The topological polar surface area (TPSA) is 63.6 Å². The zero-order chi connectivity index (χ0) is 23.5. The summed E-state index contributed by atoms with van der Waals surface area (Å²) in [5, 5.41) is 0. The lowest BCUT2D eigenvalue weighted by Gasteiger charge is -2.25. The molecule has 1 fully saturated rings. The summed E-state index contributed by atoms with van der Waals surface area (Å²) in [6.45, 7) is 2.74. The van der Waals surface area contributed by atoms with Gasteiger partial charge >= 0.3 is 0 Å². The van der Waals surface area contributed by atoms with E-state index in [1.165, 1.54) is 0 Å². The van der Waals surface area contributed by atoms with E-state index in [1.54, 1.807) is 32.4 Å². The molecule has 2 aliphatic rings. The van der Waals surface area contributed by atoms with Crippen molar-refractivity contribution in [2.75, 3.05) is 40.4 Å². The number of aliphatic imine (C=N–C) groups is 1. The van der Waals surface area contributed by atoms with Crippen LogP contribution in [0.25, 0.3) is 0 Å². The monoisotopic (exact) mass is 457 g/mol. The molecule has 0 unspecified atom stereocenters. The van der Waals surface area contributed by atoms with Crippen LogP contribution in [0.5, 0.6) is 23.0 Å². The van der Waals surface area contributed by atoms with E-state index in [9.17, 15) is 4.79 Å². The Morgan fingerprint density at radius 2 is 1.62 bits per heavy atom. The molecule has 0 spiro atoms. The minimum absolute atomic E-state index is 0.0142. The Bertz CT molecular complexity index is 1240. The summed E-state index contributed by atoms with van der Waals surface area (Å²) in [6, 6.07) is 21.1. The summed E-state index contributed by atoms with van der Waals surface area (Å²) in [6.07, 6.45) is 0.836. The first-order valence-electron chi connectivity index (χ1n) is 11.4. The lowest BCUT2D eigenvalue weighted by atomic mass is 10.1. The van der Waals surface area contributed by atoms with Crippen LogP contribution in [0.1, 0.15) is 22.3 Å². The molecular formula is C27H27N3O4. The summed E-state index contributed by atoms with van der Waals surface area (Å²) >= 11 is 0. The van der Waals surface area contributed by atoms with Crippen LogP contribution in [-0.2, 0) is 0 Å². The van der Waals surface area contributed by atoms with Gasteiger partial charge in [0.1, 0.15) is 17.3 Å². The highest BCUT2D eigenvalue weighted by Gasteiger charge is 2.26. The van der Waals surface area contributed by atoms with Crippen molar-refractivity contribution >= 4 is 17.4 Å². The van der Waals surface area contributed by atoms with Gasteiger partial charge in [0, 0.05) is 31.7 Å². The van der Waals surface area contributed by atoms with Crippen molar-refractivity contribution in [2.45, 2.75) is 6.42 Å². The molecule has 0 bridgehead atoms. The number of fused-ring (bicyclic) bond motifs is 2. The van der Waals surface area contributed by atoms with Crippen LogP contribution in [0.15, 0.2) is 71.7 Å². The molecule has 3 aromatic rings. The maximum Gasteiger partial charge on any atom is 0.254 e. The van der Waals surface area contributed by atoms with Crippen molar-refractivity contribution in [3.63, 3.8) is 0 Å². The Balaban J connectivity index is 1.40. The third kappa shape index (κ3) is 4.17. The van der Waals surface area contributed by atoms with Gasteiger partial charge in [-0.05, 0) is 48.9 Å². The molecule has 5 rings (SSSR count). The number of nitrogens with zero attached hydrogens (tertiary/aromatic N) is 3. The molecule has 0 aromatic heterocycles. The van der Waals surface area contributed by atoms with E-state index < -0.39 is 0 Å². The average molecular weight is 458 g/mol. The number of carbonyl (C=O) groups excluding carboxylic acids is 1. The van der Waals surface area contributed by atoms with Crippen molar-refractivity contribution in [2.24, 2.45) is 4.99 Å². The van der Waals surface area contributed by atoms with Crippen molar-refractivity contribution in [3.05, 3.63) is 77.9 Å². The molecule has 1 amide bonds. The van der Waals surface area contributed by atoms with Gasteiger partial charge in [-0.3, -0.25) is 4.79 Å². The van der Waals surface area contributed by atoms with Crippen molar-refractivity contribution < 1.29 is 19.0 Å². The molecule has 174 valence electrons. The maximum absolute atomic E-state index is 13.3. The zero-order valence-electron chi connectivity index (χ0n) is 19.4. The van der Waals surface area contributed by atoms with E-state index in [0.717, 1.165) is 41.6 Å². The second-order valence-electron chi connectivity index (χ2n) is 8.20. The fraction of sp³-hybridized carbons (Fsp3) is 0.259. The third-order valence-electron chi connectivity index (χ3n) is 6.15. The van der Waals surface area contributed by atoms with Crippen LogP contribution < -0.4 is 14.2 Å². The van der Waals surface area contributed by atoms with Crippen LogP contribution >= 0.6 is 0 Å². The minimum atomic E-state index is -0.0142. The second-order valence-corrected chi connectivity index (χ2v) is 8.20. The molecule has 34 heavy (non-hydrogen) atoms. The Hall–Kier alpha value is -4.00. The van der Waals surface area contributed by atoms with Crippen LogP contribution in [0, 0.1) is 0 Å². The summed E-state index contributed by atoms with van der Waals surface area (Å²) in [4.78, 5) is 22.4. The number of rotatable bonds is 3. The number of methoxy groups -OCH3 is 2. The van der Waals surface area contributed by atoms with E-state index in [1.807, 2.05) is 53.4 Å². The van der Waals surface area contributed by atoms with Gasteiger partial charge in [0.05, 0.1) is 19.8 Å². The molecule has 0 N–H and O–H groups in total. The predicted molar refractivity (Wildman–Crippen MR) is 131 cm³/mol. The molecule has 3 aromatic carbocycles. The Morgan fingerprint density at radius 1 is 0.853 bits per heavy atom. The SMILES string of the molecule is COc1ccc(C(=O)N2CCCN(C3=Nc4ccccc4Oc4ccccc43)CC2)cc1OC. The number of amides is 1. The largest absolute Gasteiger partial charge is 0.493 e. The number of para-hydroxylation sites is 3. The van der Waals surface area contributed by atoms with E-state index in [2.05, 4.69) is 4.90 Å². The van der Waals surface area contributed by atoms with Gasteiger partial charge in [-0.25, -0.2) is 4.99 Å². The summed E-state index contributed by atoms with van der Waals surface area (Å²) in [5.41, 5.74) is 2.35. The van der Waals surface area contributed by atoms with Gasteiger partial charge < -0.3 is 24.0 Å². The molecule has 2 aliphatic heterocycles. The Labute approximate surface area is 199 Å². The van der Waals surface area contributed by atoms with Gasteiger partial charge in [-0.1, -0.05) is 24.3 Å². The molecule has 7 nitrogen and oxygen atoms in total. The summed E-state index contributed by atoms with van der Waals surface area (Å²) < 4.78 is 16.9. The summed E-state index contributed by atoms with van der Waals surface area (Å²) in [7, 11) is 3.16. The quantitative estimate of drug-likeness (QED) is 0.569. The average Bonchev–Trinajstić information content (AvgIpc) is 3.22. The van der Waals surface area contributed by atoms with Crippen LogP contribution in [-0.4, -0.2) is 61.9 Å². The molecule has 1 saturated heterocycles. The van der Waals surface area contributed by atoms with Gasteiger partial charge in [0.25, 0.3) is 5.91 Å². The number of amidine groups is 1. The Morgan fingerprint density at radius 3 is 2.44 bits per heavy atom. The second kappa shape index (κ2) is 9.47. The first-order valence-corrected chi connectivity index (χ1v) is 11.4. The van der Waals surface area contributed by atoms with E-state index >= 15 is 0 Å². The number of benzene rings is 3. The normalized spacial score (nSPS) is 15.2. The molecule has 2 heterocycles. The standard InChI is InChI=1S/C27H27N3O4/c1-32-24-13-12-19(18-25(24)33-2)27(31)30-15-7-14-29(16-17-30)26-20-8-3-5-10-22(20)34-23-11-6-4-9-21(23)28-26/h3-6,8-13,18H,7,14-17H2,1-2H3. The van der Waals surface area contributed by atoms with Gasteiger partial charge in [0.15, 0.2) is 17.2 Å². The fourth-order valence-electron chi connectivity index (χ4n) is 4.39. The minimum Gasteiger partial charge on any atom is -0.493 e. The number of hydrogen-bond acceptors (Lipinski definition) is 6. The van der Waals surface area contributed by atoms with Gasteiger partial charge in [0.2, 0.25) is 0 Å². The number of carbonyl (C=O) groups is 1. The van der Waals surface area contributed by atoms with Gasteiger partial charge in [-0.15, -0.1) is 0 Å². The molecule has 0 radical (unpaired) electrons. The lowest BCUT2D eigenvalue weighted by Crippen LogP contribution is -2.37. The molecule has 7 heteroatoms. The maximum atomic E-state index is 13.3. The highest BCUT2D eigenvalue weighted by molar-refractivity contribution is 6.03. The van der Waals surface area contributed by atoms with E-state index in [4.69, 9.17) is 19.2 Å². The zero-order valence-corrected chi connectivity index (χ0v) is 19.4. The van der Waals surface area contributed by atoms with Crippen LogP contribution in [0.2, 0.25) is 0 Å². The van der Waals surface area contributed by atoms with Gasteiger partial charge in [-0.2, -0.15) is 0 Å². The first kappa shape index (κ1) is 21.8. The predicted octanol–water partition coefficient (Wildman–Crippen LogP) is 4.74. The fourth-order valence-corrected chi connectivity index (χ4v) is 4.39. The van der Waals surface area contributed by atoms with Crippen molar-refractivity contribution in [3.8, 4) is 23.0 Å². The van der Waals surface area contributed by atoms with Crippen LogP contribution in [0.3, 0.4) is 0 Å². The lowest BCUT2D eigenvalue weighted by molar-refractivity contribution is 0.0763. The Kier molecular flexibility index (Phi) is 6.08. The third-order valence-corrected chi connectivity index (χ3v) is 6.15. The highest BCUT2D eigenvalue weighted by atomic mass is 16.5. The van der Waals surface area contributed by atoms with E-state index in [0.29, 0.717) is 36.7 Å². The molecule has 0 saturated carbocycles. The molecule has 0 aliphatic carbocycles. The summed E-state index contributed by atoms with van der Waals surface area (Å²) in [5.74, 6) is 3.54. The van der Waals surface area contributed by atoms with Crippen molar-refractivity contribution in [1.82, 2.24) is 9.80 Å².